The van der Waals surface area contributed by atoms with Crippen molar-refractivity contribution in [1.29, 1.82) is 0 Å². The van der Waals surface area contributed by atoms with Crippen LogP contribution < -0.4 is 5.32 Å². The van der Waals surface area contributed by atoms with Crippen LogP contribution in [0.1, 0.15) is 20.8 Å². The van der Waals surface area contributed by atoms with Gasteiger partial charge in [-0.3, -0.25) is 0 Å². The predicted octanol–water partition coefficient (Wildman–Crippen LogP) is 0.188. The van der Waals surface area contributed by atoms with E-state index in [-0.39, 0.29) is 0 Å². The topological polar surface area (TPSA) is 61.8 Å². The zero-order chi connectivity index (χ0) is 11.7. The smallest absolute Gasteiger partial charge is 0.410 e. The van der Waals surface area contributed by atoms with Crippen LogP contribution in [-0.4, -0.2) is 54.0 Å². The van der Waals surface area contributed by atoms with Gasteiger partial charge in [0, 0.05) is 20.1 Å². The first-order chi connectivity index (χ1) is 6.72. The summed E-state index contributed by atoms with van der Waals surface area (Å²) in [6.45, 7) is 6.81. The fraction of sp³-hybridized carbons (Fsp3) is 0.900. The van der Waals surface area contributed by atoms with Crippen LogP contribution in [-0.2, 0) is 4.74 Å². The Morgan fingerprint density at radius 1 is 1.53 bits per heavy atom. The number of likely N-dealkylation sites (N-methyl/N-ethyl adjacent to an activating group) is 1. The van der Waals surface area contributed by atoms with Gasteiger partial charge < -0.3 is 20.1 Å². The molecule has 1 aliphatic heterocycles. The molecule has 0 bridgehead atoms. The van der Waals surface area contributed by atoms with Crippen molar-refractivity contribution in [2.75, 3.05) is 26.7 Å². The van der Waals surface area contributed by atoms with E-state index in [1.165, 1.54) is 4.90 Å². The second kappa shape index (κ2) is 3.98. The number of aliphatic hydroxyl groups is 1. The van der Waals surface area contributed by atoms with E-state index >= 15 is 0 Å². The van der Waals surface area contributed by atoms with E-state index in [0.29, 0.717) is 19.6 Å². The molecule has 15 heavy (non-hydrogen) atoms. The minimum Gasteiger partial charge on any atom is -0.444 e. The maximum atomic E-state index is 11.5. The van der Waals surface area contributed by atoms with Crippen LogP contribution >= 0.6 is 0 Å². The van der Waals surface area contributed by atoms with Crippen LogP contribution in [0.2, 0.25) is 0 Å². The second-order valence-electron chi connectivity index (χ2n) is 5.16. The molecular weight excluding hydrogens is 196 g/mol. The highest BCUT2D eigenvalue weighted by Gasteiger charge is 2.37. The van der Waals surface area contributed by atoms with Crippen LogP contribution in [0.25, 0.3) is 0 Å². The number of β-amino-alcohol motifs (C(OH)–C–C–N with tert-alkyl or cyclic N) is 1. The Balaban J connectivity index is 2.39. The van der Waals surface area contributed by atoms with E-state index < -0.39 is 17.3 Å². The van der Waals surface area contributed by atoms with Gasteiger partial charge in [0.25, 0.3) is 0 Å². The van der Waals surface area contributed by atoms with Crippen LogP contribution in [0.15, 0.2) is 0 Å². The number of carbonyl (C=O) groups is 1. The van der Waals surface area contributed by atoms with Crippen molar-refractivity contribution in [3.63, 3.8) is 0 Å². The molecule has 0 aromatic carbocycles. The number of hydrogen-bond donors (Lipinski definition) is 2. The first-order valence-electron chi connectivity index (χ1n) is 5.09. The van der Waals surface area contributed by atoms with E-state index in [9.17, 15) is 9.90 Å². The molecule has 0 aromatic rings. The largest absolute Gasteiger partial charge is 0.444 e. The molecule has 0 radical (unpaired) electrons. The lowest BCUT2D eigenvalue weighted by Crippen LogP contribution is -2.64. The van der Waals surface area contributed by atoms with Gasteiger partial charge in [-0.2, -0.15) is 0 Å². The Kier molecular flexibility index (Phi) is 3.25. The quantitative estimate of drug-likeness (QED) is 0.691. The third-order valence-corrected chi connectivity index (χ3v) is 2.14. The summed E-state index contributed by atoms with van der Waals surface area (Å²) in [5, 5.41) is 12.8. The molecule has 0 aromatic heterocycles. The first-order valence-corrected chi connectivity index (χ1v) is 5.09. The summed E-state index contributed by atoms with van der Waals surface area (Å²) in [5.74, 6) is 0. The molecule has 5 nitrogen and oxygen atoms in total. The number of rotatable bonds is 2. The van der Waals surface area contributed by atoms with Crippen molar-refractivity contribution in [2.45, 2.75) is 32.0 Å². The highest BCUT2D eigenvalue weighted by Crippen LogP contribution is 2.14. The zero-order valence-corrected chi connectivity index (χ0v) is 9.83. The second-order valence-corrected chi connectivity index (χ2v) is 5.16. The summed E-state index contributed by atoms with van der Waals surface area (Å²) in [4.78, 5) is 13.0. The zero-order valence-electron chi connectivity index (χ0n) is 9.83. The minimum atomic E-state index is -0.786. The summed E-state index contributed by atoms with van der Waals surface area (Å²) in [7, 11) is 1.63. The van der Waals surface area contributed by atoms with Gasteiger partial charge in [-0.1, -0.05) is 0 Å². The number of amides is 1. The molecule has 0 saturated carbocycles. The Morgan fingerprint density at radius 2 is 2.07 bits per heavy atom. The van der Waals surface area contributed by atoms with Gasteiger partial charge in [0.05, 0.1) is 6.54 Å². The molecule has 0 aliphatic carbocycles. The molecule has 1 rings (SSSR count). The number of carbonyl (C=O) groups excluding carboxylic acids is 1. The van der Waals surface area contributed by atoms with Gasteiger partial charge in [0.1, 0.15) is 11.2 Å². The lowest BCUT2D eigenvalue weighted by molar-refractivity contribution is -0.0407. The van der Waals surface area contributed by atoms with Crippen LogP contribution in [0, 0.1) is 0 Å². The number of nitrogens with one attached hydrogen (secondary N) is 1. The lowest BCUT2D eigenvalue weighted by Gasteiger charge is -2.40. The maximum Gasteiger partial charge on any atom is 0.410 e. The molecule has 0 unspecified atom stereocenters. The molecule has 1 aliphatic rings. The average Bonchev–Trinajstić information content (AvgIpc) is 1.98. The molecule has 0 atom stereocenters. The van der Waals surface area contributed by atoms with E-state index in [1.54, 1.807) is 7.05 Å². The normalized spacial score (nSPS) is 19.3. The Labute approximate surface area is 90.4 Å². The summed E-state index contributed by atoms with van der Waals surface area (Å²) < 4.78 is 5.17. The summed E-state index contributed by atoms with van der Waals surface area (Å²) >= 11 is 0. The molecular formula is C10H20N2O3. The number of hydrogen-bond acceptors (Lipinski definition) is 4. The maximum absolute atomic E-state index is 11.5. The Hall–Kier alpha value is -0.810. The van der Waals surface area contributed by atoms with Crippen LogP contribution in [0.4, 0.5) is 4.79 Å². The molecule has 5 heteroatoms. The third kappa shape index (κ3) is 3.68. The Bertz CT molecular complexity index is 244. The summed E-state index contributed by atoms with van der Waals surface area (Å²) in [5.41, 5.74) is -1.28. The van der Waals surface area contributed by atoms with Gasteiger partial charge >= 0.3 is 6.09 Å². The van der Waals surface area contributed by atoms with Crippen molar-refractivity contribution in [2.24, 2.45) is 0 Å². The molecule has 1 heterocycles. The number of nitrogens with zero attached hydrogens (tertiary/aromatic N) is 1. The molecule has 1 saturated heterocycles. The van der Waals surface area contributed by atoms with Gasteiger partial charge in [-0.25, -0.2) is 4.79 Å². The minimum absolute atomic E-state index is 0.301. The van der Waals surface area contributed by atoms with Crippen molar-refractivity contribution in [1.82, 2.24) is 10.2 Å². The predicted molar refractivity (Wildman–Crippen MR) is 56.7 cm³/mol. The highest BCUT2D eigenvalue weighted by atomic mass is 16.6. The highest BCUT2D eigenvalue weighted by molar-refractivity contribution is 5.67. The molecule has 0 spiro atoms. The summed E-state index contributed by atoms with van der Waals surface area (Å²) in [6, 6.07) is 0. The standard InChI is InChI=1S/C10H20N2O3/c1-9(2,3)15-8(13)12(4)7-10(14)5-11-6-10/h11,14H,5-7H2,1-4H3. The third-order valence-electron chi connectivity index (χ3n) is 2.14. The fourth-order valence-electron chi connectivity index (χ4n) is 1.37. The molecule has 2 N–H and O–H groups in total. The van der Waals surface area contributed by atoms with Gasteiger partial charge in [-0.15, -0.1) is 0 Å². The van der Waals surface area contributed by atoms with Crippen molar-refractivity contribution >= 4 is 6.09 Å². The van der Waals surface area contributed by atoms with Gasteiger partial charge in [-0.05, 0) is 20.8 Å². The van der Waals surface area contributed by atoms with E-state index in [4.69, 9.17) is 4.74 Å². The lowest BCUT2D eigenvalue weighted by atomic mass is 9.97. The van der Waals surface area contributed by atoms with Crippen molar-refractivity contribution in [3.05, 3.63) is 0 Å². The van der Waals surface area contributed by atoms with E-state index in [2.05, 4.69) is 5.32 Å². The van der Waals surface area contributed by atoms with Crippen LogP contribution in [0.3, 0.4) is 0 Å². The van der Waals surface area contributed by atoms with Crippen molar-refractivity contribution in [3.8, 4) is 0 Å². The van der Waals surface area contributed by atoms with Crippen molar-refractivity contribution < 1.29 is 14.6 Å². The Morgan fingerprint density at radius 3 is 2.40 bits per heavy atom. The SMILES string of the molecule is CN(CC1(O)CNC1)C(=O)OC(C)(C)C. The first kappa shape index (κ1) is 12.3. The monoisotopic (exact) mass is 216 g/mol. The number of ether oxygens (including phenoxy) is 1. The fourth-order valence-corrected chi connectivity index (χ4v) is 1.37. The van der Waals surface area contributed by atoms with Gasteiger partial charge in [0.2, 0.25) is 0 Å². The van der Waals surface area contributed by atoms with Crippen LogP contribution in [0.5, 0.6) is 0 Å². The van der Waals surface area contributed by atoms with E-state index in [1.807, 2.05) is 20.8 Å². The van der Waals surface area contributed by atoms with E-state index in [0.717, 1.165) is 0 Å². The van der Waals surface area contributed by atoms with Gasteiger partial charge in [0.15, 0.2) is 0 Å². The molecule has 1 fully saturated rings. The molecule has 1 amide bonds. The summed E-state index contributed by atoms with van der Waals surface area (Å²) in [6.07, 6.45) is -0.400. The molecule has 88 valence electrons. The average molecular weight is 216 g/mol.